The Bertz CT molecular complexity index is 297. The summed E-state index contributed by atoms with van der Waals surface area (Å²) < 4.78 is 0. The van der Waals surface area contributed by atoms with Gasteiger partial charge in [-0.25, -0.2) is 0 Å². The molecule has 1 nitrogen and oxygen atoms in total. The summed E-state index contributed by atoms with van der Waals surface area (Å²) in [5, 5.41) is 3.61. The fourth-order valence-electron chi connectivity index (χ4n) is 1.52. The molecule has 0 saturated carbocycles. The van der Waals surface area contributed by atoms with Crippen molar-refractivity contribution < 1.29 is 0 Å². The van der Waals surface area contributed by atoms with Gasteiger partial charge in [0.15, 0.2) is 0 Å². The number of hydrogen-bond donors (Lipinski definition) is 1. The summed E-state index contributed by atoms with van der Waals surface area (Å²) in [7, 11) is 0. The van der Waals surface area contributed by atoms with E-state index in [0.717, 1.165) is 6.54 Å². The molecule has 2 unspecified atom stereocenters. The minimum Gasteiger partial charge on any atom is -0.310 e. The lowest BCUT2D eigenvalue weighted by molar-refractivity contribution is 0.247. The van der Waals surface area contributed by atoms with Crippen molar-refractivity contribution in [2.75, 3.05) is 6.54 Å². The van der Waals surface area contributed by atoms with E-state index in [0.29, 0.717) is 17.4 Å². The molecule has 0 radical (unpaired) electrons. The quantitative estimate of drug-likeness (QED) is 0.806. The van der Waals surface area contributed by atoms with E-state index in [1.54, 1.807) is 0 Å². The zero-order chi connectivity index (χ0) is 12.2. The first kappa shape index (κ1) is 13.2. The Morgan fingerprint density at radius 2 is 1.62 bits per heavy atom. The van der Waals surface area contributed by atoms with Crippen LogP contribution in [0.25, 0.3) is 0 Å². The van der Waals surface area contributed by atoms with E-state index >= 15 is 0 Å². The topological polar surface area (TPSA) is 12.0 Å². The second kappa shape index (κ2) is 5.49. The van der Waals surface area contributed by atoms with Crippen molar-refractivity contribution >= 4 is 0 Å². The Hall–Kier alpha value is -0.820. The molecule has 0 aromatic heterocycles. The molecule has 0 aliphatic heterocycles. The SMILES string of the molecule is CC(NCC(C)C(C)(C)C)c1ccccc1. The average molecular weight is 219 g/mol. The van der Waals surface area contributed by atoms with Gasteiger partial charge in [0.05, 0.1) is 0 Å². The van der Waals surface area contributed by atoms with Gasteiger partial charge >= 0.3 is 0 Å². The molecule has 1 N–H and O–H groups in total. The van der Waals surface area contributed by atoms with E-state index in [1.807, 2.05) is 0 Å². The summed E-state index contributed by atoms with van der Waals surface area (Å²) in [6, 6.07) is 11.1. The van der Waals surface area contributed by atoms with Gasteiger partial charge in [0.1, 0.15) is 0 Å². The van der Waals surface area contributed by atoms with Crippen molar-refractivity contribution in [1.29, 1.82) is 0 Å². The molecular formula is C15H25N. The van der Waals surface area contributed by atoms with Crippen molar-refractivity contribution in [2.45, 2.75) is 40.7 Å². The molecule has 90 valence electrons. The van der Waals surface area contributed by atoms with Gasteiger partial charge in [0.2, 0.25) is 0 Å². The van der Waals surface area contributed by atoms with Crippen molar-refractivity contribution in [3.63, 3.8) is 0 Å². The predicted octanol–water partition coefficient (Wildman–Crippen LogP) is 4.02. The molecule has 16 heavy (non-hydrogen) atoms. The lowest BCUT2D eigenvalue weighted by Crippen LogP contribution is -2.31. The first-order valence-electron chi connectivity index (χ1n) is 6.19. The van der Waals surface area contributed by atoms with Crippen LogP contribution in [0.4, 0.5) is 0 Å². The van der Waals surface area contributed by atoms with E-state index in [-0.39, 0.29) is 0 Å². The molecule has 0 aliphatic carbocycles. The fourth-order valence-corrected chi connectivity index (χ4v) is 1.52. The van der Waals surface area contributed by atoms with Crippen LogP contribution >= 0.6 is 0 Å². The Balaban J connectivity index is 2.45. The van der Waals surface area contributed by atoms with Crippen LogP contribution in [0.1, 0.15) is 46.2 Å². The first-order valence-corrected chi connectivity index (χ1v) is 6.19. The maximum absolute atomic E-state index is 3.61. The smallest absolute Gasteiger partial charge is 0.0291 e. The van der Waals surface area contributed by atoms with Crippen molar-refractivity contribution in [2.24, 2.45) is 11.3 Å². The molecular weight excluding hydrogens is 194 g/mol. The Labute approximate surface area is 100 Å². The van der Waals surface area contributed by atoms with Crippen LogP contribution < -0.4 is 5.32 Å². The fraction of sp³-hybridized carbons (Fsp3) is 0.600. The third kappa shape index (κ3) is 3.97. The van der Waals surface area contributed by atoms with E-state index in [9.17, 15) is 0 Å². The standard InChI is InChI=1S/C15H25N/c1-12(15(3,4)5)11-16-13(2)14-9-7-6-8-10-14/h6-10,12-13,16H,11H2,1-5H3. The zero-order valence-corrected chi connectivity index (χ0v) is 11.2. The highest BCUT2D eigenvalue weighted by atomic mass is 14.9. The van der Waals surface area contributed by atoms with Gasteiger partial charge in [-0.15, -0.1) is 0 Å². The van der Waals surface area contributed by atoms with Crippen molar-refractivity contribution in [1.82, 2.24) is 5.32 Å². The Morgan fingerprint density at radius 1 is 1.06 bits per heavy atom. The predicted molar refractivity (Wildman–Crippen MR) is 71.5 cm³/mol. The van der Waals surface area contributed by atoms with Gasteiger partial charge in [-0.1, -0.05) is 58.0 Å². The number of nitrogens with one attached hydrogen (secondary N) is 1. The maximum Gasteiger partial charge on any atom is 0.0291 e. The van der Waals surface area contributed by atoms with E-state index in [2.05, 4.69) is 70.3 Å². The molecule has 0 spiro atoms. The third-order valence-electron chi connectivity index (χ3n) is 3.51. The molecule has 0 heterocycles. The highest BCUT2D eigenvalue weighted by molar-refractivity contribution is 5.17. The molecule has 1 heteroatoms. The Kier molecular flexibility index (Phi) is 4.55. The lowest BCUT2D eigenvalue weighted by atomic mass is 9.82. The minimum absolute atomic E-state index is 0.378. The van der Waals surface area contributed by atoms with E-state index in [4.69, 9.17) is 0 Å². The molecule has 0 amide bonds. The third-order valence-corrected chi connectivity index (χ3v) is 3.51. The van der Waals surface area contributed by atoms with Gasteiger partial charge in [-0.2, -0.15) is 0 Å². The zero-order valence-electron chi connectivity index (χ0n) is 11.2. The highest BCUT2D eigenvalue weighted by Crippen LogP contribution is 2.25. The molecule has 0 saturated heterocycles. The number of hydrogen-bond acceptors (Lipinski definition) is 1. The summed E-state index contributed by atoms with van der Waals surface area (Å²) in [5.41, 5.74) is 1.74. The van der Waals surface area contributed by atoms with Gasteiger partial charge in [0.25, 0.3) is 0 Å². The largest absolute Gasteiger partial charge is 0.310 e. The summed E-state index contributed by atoms with van der Waals surface area (Å²) >= 11 is 0. The second-order valence-electron chi connectivity index (χ2n) is 5.81. The van der Waals surface area contributed by atoms with E-state index < -0.39 is 0 Å². The van der Waals surface area contributed by atoms with Crippen LogP contribution in [0.15, 0.2) is 30.3 Å². The van der Waals surface area contributed by atoms with E-state index in [1.165, 1.54) is 5.56 Å². The van der Waals surface area contributed by atoms with Crippen molar-refractivity contribution in [3.05, 3.63) is 35.9 Å². The van der Waals surface area contributed by atoms with Crippen LogP contribution in [-0.2, 0) is 0 Å². The van der Waals surface area contributed by atoms with Crippen LogP contribution in [-0.4, -0.2) is 6.54 Å². The van der Waals surface area contributed by atoms with Crippen LogP contribution in [0, 0.1) is 11.3 Å². The molecule has 1 aromatic carbocycles. The summed E-state index contributed by atoms with van der Waals surface area (Å²) in [5.74, 6) is 0.679. The summed E-state index contributed by atoms with van der Waals surface area (Å²) in [6.45, 7) is 12.5. The van der Waals surface area contributed by atoms with Crippen LogP contribution in [0.3, 0.4) is 0 Å². The molecule has 0 bridgehead atoms. The van der Waals surface area contributed by atoms with Gasteiger partial charge in [-0.05, 0) is 30.4 Å². The van der Waals surface area contributed by atoms with Gasteiger partial charge < -0.3 is 5.32 Å². The molecule has 1 rings (SSSR count). The van der Waals surface area contributed by atoms with Crippen LogP contribution in [0.2, 0.25) is 0 Å². The van der Waals surface area contributed by atoms with Crippen LogP contribution in [0.5, 0.6) is 0 Å². The summed E-state index contributed by atoms with van der Waals surface area (Å²) in [6.07, 6.45) is 0. The summed E-state index contributed by atoms with van der Waals surface area (Å²) in [4.78, 5) is 0. The number of rotatable bonds is 4. The average Bonchev–Trinajstić information content (AvgIpc) is 2.25. The molecule has 0 fully saturated rings. The second-order valence-corrected chi connectivity index (χ2v) is 5.81. The minimum atomic E-state index is 0.378. The molecule has 0 aliphatic rings. The highest BCUT2D eigenvalue weighted by Gasteiger charge is 2.20. The molecule has 2 atom stereocenters. The normalized spacial score (nSPS) is 15.8. The molecule has 1 aromatic rings. The Morgan fingerprint density at radius 3 is 2.12 bits per heavy atom. The van der Waals surface area contributed by atoms with Crippen molar-refractivity contribution in [3.8, 4) is 0 Å². The van der Waals surface area contributed by atoms with Gasteiger partial charge in [0, 0.05) is 6.04 Å². The maximum atomic E-state index is 3.61. The van der Waals surface area contributed by atoms with Gasteiger partial charge in [-0.3, -0.25) is 0 Å². The monoisotopic (exact) mass is 219 g/mol. The number of benzene rings is 1. The first-order chi connectivity index (χ1) is 7.41. The lowest BCUT2D eigenvalue weighted by Gasteiger charge is -2.29.